The number of carbonyl (C=O) groups excluding carboxylic acids is 2. The van der Waals surface area contributed by atoms with E-state index in [0.29, 0.717) is 32.0 Å². The van der Waals surface area contributed by atoms with Gasteiger partial charge in [-0.25, -0.2) is 0 Å². The number of rotatable bonds is 6. The predicted octanol–water partition coefficient (Wildman–Crippen LogP) is 3.42. The summed E-state index contributed by atoms with van der Waals surface area (Å²) in [6, 6.07) is 8.90. The lowest BCUT2D eigenvalue weighted by molar-refractivity contribution is -0.144. The Hall–Kier alpha value is -1.88. The normalized spacial score (nSPS) is 23.7. The van der Waals surface area contributed by atoms with Crippen molar-refractivity contribution in [2.45, 2.75) is 70.5 Å². The van der Waals surface area contributed by atoms with Crippen LogP contribution in [0.4, 0.5) is 0 Å². The van der Waals surface area contributed by atoms with E-state index in [2.05, 4.69) is 29.2 Å². The van der Waals surface area contributed by atoms with Crippen LogP contribution in [0.25, 0.3) is 0 Å². The molecule has 1 atom stereocenters. The van der Waals surface area contributed by atoms with Gasteiger partial charge in [-0.1, -0.05) is 37.1 Å². The van der Waals surface area contributed by atoms with Gasteiger partial charge >= 0.3 is 0 Å². The molecule has 4 rings (SSSR count). The minimum absolute atomic E-state index is 0.0518. The summed E-state index contributed by atoms with van der Waals surface area (Å²) in [4.78, 5) is 32.0. The van der Waals surface area contributed by atoms with Gasteiger partial charge in [0, 0.05) is 39.1 Å². The fourth-order valence-corrected chi connectivity index (χ4v) is 5.33. The highest BCUT2D eigenvalue weighted by Crippen LogP contribution is 2.29. The van der Waals surface area contributed by atoms with Gasteiger partial charge in [0.1, 0.15) is 0 Å². The standard InChI is InChI=1S/C24H35N3O2/c1-25(16-19-8-2-3-9-20(19)17-26-14-6-7-15-26)24(29)21-12-13-23(28)27(18-21)22-10-4-5-11-22/h2-3,8-9,21-22H,4-7,10-18H2,1H3. The van der Waals surface area contributed by atoms with Crippen molar-refractivity contribution >= 4 is 11.8 Å². The first-order valence-electron chi connectivity index (χ1n) is 11.5. The van der Waals surface area contributed by atoms with Crippen molar-refractivity contribution in [3.05, 3.63) is 35.4 Å². The SMILES string of the molecule is CN(Cc1ccccc1CN1CCCC1)C(=O)C1CCC(=O)N(C2CCCC2)C1. The monoisotopic (exact) mass is 397 g/mol. The number of hydrogen-bond acceptors (Lipinski definition) is 3. The molecule has 1 saturated carbocycles. The number of nitrogens with zero attached hydrogens (tertiary/aromatic N) is 3. The molecular weight excluding hydrogens is 362 g/mol. The smallest absolute Gasteiger partial charge is 0.227 e. The van der Waals surface area contributed by atoms with Crippen LogP contribution >= 0.6 is 0 Å². The zero-order chi connectivity index (χ0) is 20.2. The molecule has 1 aromatic carbocycles. The van der Waals surface area contributed by atoms with Crippen LogP contribution in [0.5, 0.6) is 0 Å². The molecule has 0 aromatic heterocycles. The van der Waals surface area contributed by atoms with Gasteiger partial charge in [0.25, 0.3) is 0 Å². The molecule has 2 amide bonds. The molecule has 158 valence electrons. The van der Waals surface area contributed by atoms with Gasteiger partial charge in [0.15, 0.2) is 0 Å². The minimum Gasteiger partial charge on any atom is -0.341 e. The van der Waals surface area contributed by atoms with E-state index >= 15 is 0 Å². The third kappa shape index (κ3) is 4.82. The fraction of sp³-hybridized carbons (Fsp3) is 0.667. The van der Waals surface area contributed by atoms with Crippen LogP contribution in [0.3, 0.4) is 0 Å². The largest absolute Gasteiger partial charge is 0.341 e. The van der Waals surface area contributed by atoms with E-state index in [1.165, 1.54) is 49.9 Å². The van der Waals surface area contributed by atoms with Crippen LogP contribution in [0, 0.1) is 5.92 Å². The van der Waals surface area contributed by atoms with Crippen LogP contribution in [0.2, 0.25) is 0 Å². The molecule has 29 heavy (non-hydrogen) atoms. The molecule has 5 nitrogen and oxygen atoms in total. The highest BCUT2D eigenvalue weighted by Gasteiger charge is 2.36. The second-order valence-corrected chi connectivity index (χ2v) is 9.17. The number of hydrogen-bond donors (Lipinski definition) is 0. The second-order valence-electron chi connectivity index (χ2n) is 9.17. The minimum atomic E-state index is -0.0518. The molecule has 1 aliphatic carbocycles. The first kappa shape index (κ1) is 20.4. The third-order valence-corrected chi connectivity index (χ3v) is 7.05. The fourth-order valence-electron chi connectivity index (χ4n) is 5.33. The van der Waals surface area contributed by atoms with E-state index in [1.807, 2.05) is 16.8 Å². The van der Waals surface area contributed by atoms with Gasteiger partial charge < -0.3 is 9.80 Å². The van der Waals surface area contributed by atoms with Crippen molar-refractivity contribution < 1.29 is 9.59 Å². The molecule has 0 radical (unpaired) electrons. The van der Waals surface area contributed by atoms with Gasteiger partial charge in [-0.3, -0.25) is 14.5 Å². The van der Waals surface area contributed by atoms with Crippen molar-refractivity contribution in [3.63, 3.8) is 0 Å². The van der Waals surface area contributed by atoms with Crippen LogP contribution < -0.4 is 0 Å². The van der Waals surface area contributed by atoms with Gasteiger partial charge in [-0.2, -0.15) is 0 Å². The molecular formula is C24H35N3O2. The second kappa shape index (κ2) is 9.29. The number of amides is 2. The molecule has 2 aliphatic heterocycles. The van der Waals surface area contributed by atoms with Crippen molar-refractivity contribution in [1.82, 2.24) is 14.7 Å². The zero-order valence-electron chi connectivity index (χ0n) is 17.8. The molecule has 1 aromatic rings. The van der Waals surface area contributed by atoms with Crippen molar-refractivity contribution in [2.24, 2.45) is 5.92 Å². The van der Waals surface area contributed by atoms with Crippen LogP contribution in [-0.2, 0) is 22.7 Å². The van der Waals surface area contributed by atoms with E-state index in [4.69, 9.17) is 0 Å². The molecule has 2 saturated heterocycles. The van der Waals surface area contributed by atoms with Crippen molar-refractivity contribution in [2.75, 3.05) is 26.7 Å². The predicted molar refractivity (Wildman–Crippen MR) is 114 cm³/mol. The van der Waals surface area contributed by atoms with Gasteiger partial charge in [-0.05, 0) is 56.3 Å². The maximum atomic E-state index is 13.2. The summed E-state index contributed by atoms with van der Waals surface area (Å²) in [5.41, 5.74) is 2.58. The highest BCUT2D eigenvalue weighted by molar-refractivity contribution is 5.84. The highest BCUT2D eigenvalue weighted by atomic mass is 16.2. The number of carbonyl (C=O) groups is 2. The van der Waals surface area contributed by atoms with Gasteiger partial charge in [0.05, 0.1) is 5.92 Å². The number of benzene rings is 1. The summed E-state index contributed by atoms with van der Waals surface area (Å²) in [6.07, 6.45) is 8.42. The van der Waals surface area contributed by atoms with E-state index in [1.54, 1.807) is 0 Å². The summed E-state index contributed by atoms with van der Waals surface area (Å²) >= 11 is 0. The molecule has 1 unspecified atom stereocenters. The Bertz CT molecular complexity index is 723. The van der Waals surface area contributed by atoms with E-state index in [0.717, 1.165) is 19.4 Å². The van der Waals surface area contributed by atoms with Crippen LogP contribution in [0.15, 0.2) is 24.3 Å². The molecule has 0 bridgehead atoms. The summed E-state index contributed by atoms with van der Waals surface area (Å²) in [7, 11) is 1.92. The Kier molecular flexibility index (Phi) is 6.53. The Balaban J connectivity index is 1.38. The average molecular weight is 398 g/mol. The van der Waals surface area contributed by atoms with Crippen molar-refractivity contribution in [1.29, 1.82) is 0 Å². The van der Waals surface area contributed by atoms with E-state index in [-0.39, 0.29) is 17.7 Å². The topological polar surface area (TPSA) is 43.9 Å². The molecule has 3 aliphatic rings. The number of likely N-dealkylation sites (tertiary alicyclic amines) is 2. The average Bonchev–Trinajstić information content (AvgIpc) is 3.43. The maximum Gasteiger partial charge on any atom is 0.227 e. The van der Waals surface area contributed by atoms with Crippen LogP contribution in [-0.4, -0.2) is 59.2 Å². The Labute approximate surface area is 175 Å². The lowest BCUT2D eigenvalue weighted by atomic mass is 9.94. The Morgan fingerprint density at radius 2 is 1.72 bits per heavy atom. The quantitative estimate of drug-likeness (QED) is 0.739. The maximum absolute atomic E-state index is 13.2. The molecule has 0 spiro atoms. The summed E-state index contributed by atoms with van der Waals surface area (Å²) in [5.74, 6) is 0.389. The summed E-state index contributed by atoms with van der Waals surface area (Å²) in [6.45, 7) is 4.59. The number of piperidine rings is 1. The zero-order valence-corrected chi connectivity index (χ0v) is 17.8. The molecule has 3 fully saturated rings. The lowest BCUT2D eigenvalue weighted by Gasteiger charge is -2.37. The first-order valence-corrected chi connectivity index (χ1v) is 11.5. The lowest BCUT2D eigenvalue weighted by Crippen LogP contribution is -2.49. The Morgan fingerprint density at radius 1 is 1.03 bits per heavy atom. The summed E-state index contributed by atoms with van der Waals surface area (Å²) in [5, 5.41) is 0. The van der Waals surface area contributed by atoms with Crippen molar-refractivity contribution in [3.8, 4) is 0 Å². The van der Waals surface area contributed by atoms with Crippen LogP contribution in [0.1, 0.15) is 62.5 Å². The van der Waals surface area contributed by atoms with E-state index < -0.39 is 0 Å². The third-order valence-electron chi connectivity index (χ3n) is 7.05. The molecule has 2 heterocycles. The van der Waals surface area contributed by atoms with Gasteiger partial charge in [0.2, 0.25) is 11.8 Å². The van der Waals surface area contributed by atoms with E-state index in [9.17, 15) is 9.59 Å². The molecule has 0 N–H and O–H groups in total. The molecule has 5 heteroatoms. The summed E-state index contributed by atoms with van der Waals surface area (Å²) < 4.78 is 0. The first-order chi connectivity index (χ1) is 14.1. The Morgan fingerprint density at radius 3 is 2.45 bits per heavy atom. The van der Waals surface area contributed by atoms with Gasteiger partial charge in [-0.15, -0.1) is 0 Å².